The number of nitrogens with zero attached hydrogens (tertiary/aromatic N) is 2. The van der Waals surface area contributed by atoms with E-state index in [-0.39, 0.29) is 18.0 Å². The van der Waals surface area contributed by atoms with Gasteiger partial charge >= 0.3 is 6.09 Å². The van der Waals surface area contributed by atoms with E-state index in [1.165, 1.54) is 0 Å². The van der Waals surface area contributed by atoms with Gasteiger partial charge in [-0.3, -0.25) is 9.69 Å². The third-order valence-electron chi connectivity index (χ3n) is 3.82. The quantitative estimate of drug-likeness (QED) is 0.902. The van der Waals surface area contributed by atoms with Gasteiger partial charge in [-0.2, -0.15) is 0 Å². The zero-order chi connectivity index (χ0) is 17.9. The van der Waals surface area contributed by atoms with Crippen molar-refractivity contribution in [2.75, 3.05) is 33.7 Å². The molecule has 2 rings (SSSR count). The van der Waals surface area contributed by atoms with Gasteiger partial charge in [-0.05, 0) is 38.5 Å². The standard InChI is InChI=1S/C18H27N3O3/c1-18(2,3)24-17(23)21-11-10-19-12-15(21)13-6-8-14(9-7-13)16(22)20(4)5/h6-9,15,19H,10-12H2,1-5H3. The summed E-state index contributed by atoms with van der Waals surface area (Å²) < 4.78 is 5.52. The van der Waals surface area contributed by atoms with Gasteiger partial charge in [0, 0.05) is 39.3 Å². The summed E-state index contributed by atoms with van der Waals surface area (Å²) in [4.78, 5) is 27.8. The summed E-state index contributed by atoms with van der Waals surface area (Å²) >= 11 is 0. The molecule has 132 valence electrons. The van der Waals surface area contributed by atoms with E-state index in [0.29, 0.717) is 18.7 Å². The summed E-state index contributed by atoms with van der Waals surface area (Å²) in [5, 5.41) is 3.31. The molecule has 1 aliphatic rings. The van der Waals surface area contributed by atoms with Gasteiger partial charge in [0.1, 0.15) is 5.60 Å². The monoisotopic (exact) mass is 333 g/mol. The van der Waals surface area contributed by atoms with E-state index < -0.39 is 5.60 Å². The van der Waals surface area contributed by atoms with Crippen molar-refractivity contribution in [3.05, 3.63) is 35.4 Å². The zero-order valence-corrected chi connectivity index (χ0v) is 15.1. The lowest BCUT2D eigenvalue weighted by Gasteiger charge is -2.37. The molecule has 6 nitrogen and oxygen atoms in total. The number of carbonyl (C=O) groups excluding carboxylic acids is 2. The van der Waals surface area contributed by atoms with Crippen LogP contribution in [-0.4, -0.2) is 61.1 Å². The van der Waals surface area contributed by atoms with Crippen molar-refractivity contribution in [3.63, 3.8) is 0 Å². The van der Waals surface area contributed by atoms with Crippen molar-refractivity contribution < 1.29 is 14.3 Å². The van der Waals surface area contributed by atoms with Gasteiger partial charge in [-0.1, -0.05) is 12.1 Å². The Balaban J connectivity index is 2.18. The minimum atomic E-state index is -0.519. The first kappa shape index (κ1) is 18.3. The fourth-order valence-corrected chi connectivity index (χ4v) is 2.65. The summed E-state index contributed by atoms with van der Waals surface area (Å²) in [7, 11) is 3.46. The summed E-state index contributed by atoms with van der Waals surface area (Å²) in [6, 6.07) is 7.33. The smallest absolute Gasteiger partial charge is 0.410 e. The van der Waals surface area contributed by atoms with Gasteiger partial charge in [0.2, 0.25) is 0 Å². The van der Waals surface area contributed by atoms with Crippen LogP contribution in [0, 0.1) is 0 Å². The summed E-state index contributed by atoms with van der Waals surface area (Å²) in [5.41, 5.74) is 1.11. The van der Waals surface area contributed by atoms with Crippen LogP contribution in [0.3, 0.4) is 0 Å². The number of piperazine rings is 1. The highest BCUT2D eigenvalue weighted by atomic mass is 16.6. The molecule has 1 atom stereocenters. The lowest BCUT2D eigenvalue weighted by molar-refractivity contribution is 0.0118. The van der Waals surface area contributed by atoms with E-state index in [4.69, 9.17) is 4.74 Å². The fourth-order valence-electron chi connectivity index (χ4n) is 2.65. The third kappa shape index (κ3) is 4.47. The van der Waals surface area contributed by atoms with Crippen LogP contribution in [0.25, 0.3) is 0 Å². The van der Waals surface area contributed by atoms with Crippen LogP contribution >= 0.6 is 0 Å². The van der Waals surface area contributed by atoms with Gasteiger partial charge in [0.25, 0.3) is 5.91 Å². The molecule has 1 aromatic carbocycles. The fraction of sp³-hybridized carbons (Fsp3) is 0.556. The minimum Gasteiger partial charge on any atom is -0.444 e. The Labute approximate surface area is 143 Å². The first-order valence-corrected chi connectivity index (χ1v) is 8.21. The number of rotatable bonds is 2. The molecule has 0 radical (unpaired) electrons. The van der Waals surface area contributed by atoms with E-state index >= 15 is 0 Å². The van der Waals surface area contributed by atoms with Crippen LogP contribution in [0.2, 0.25) is 0 Å². The first-order valence-electron chi connectivity index (χ1n) is 8.21. The van der Waals surface area contributed by atoms with E-state index in [0.717, 1.165) is 12.1 Å². The van der Waals surface area contributed by atoms with E-state index in [2.05, 4.69) is 5.32 Å². The Kier molecular flexibility index (Phi) is 5.49. The Bertz CT molecular complexity index is 591. The number of benzene rings is 1. The largest absolute Gasteiger partial charge is 0.444 e. The molecule has 1 fully saturated rings. The lowest BCUT2D eigenvalue weighted by Crippen LogP contribution is -2.50. The highest BCUT2D eigenvalue weighted by molar-refractivity contribution is 5.93. The molecular formula is C18H27N3O3. The SMILES string of the molecule is CN(C)C(=O)c1ccc(C2CNCCN2C(=O)OC(C)(C)C)cc1. The molecular weight excluding hydrogens is 306 g/mol. The second-order valence-corrected chi connectivity index (χ2v) is 7.22. The van der Waals surface area contributed by atoms with E-state index in [1.54, 1.807) is 36.0 Å². The Morgan fingerprint density at radius 3 is 2.38 bits per heavy atom. The van der Waals surface area contributed by atoms with Crippen LogP contribution in [0.5, 0.6) is 0 Å². The van der Waals surface area contributed by atoms with Gasteiger partial charge in [0.15, 0.2) is 0 Å². The predicted octanol–water partition coefficient (Wildman–Crippen LogP) is 2.27. The van der Waals surface area contributed by atoms with Crippen LogP contribution in [0.1, 0.15) is 42.7 Å². The number of hydrogen-bond acceptors (Lipinski definition) is 4. The maximum absolute atomic E-state index is 12.5. The first-order chi connectivity index (χ1) is 11.2. The molecule has 0 bridgehead atoms. The van der Waals surface area contributed by atoms with Crippen molar-refractivity contribution in [1.29, 1.82) is 0 Å². The molecule has 0 saturated carbocycles. The zero-order valence-electron chi connectivity index (χ0n) is 15.1. The highest BCUT2D eigenvalue weighted by Crippen LogP contribution is 2.25. The normalized spacial score (nSPS) is 18.2. The average Bonchev–Trinajstić information content (AvgIpc) is 2.52. The number of hydrogen-bond donors (Lipinski definition) is 1. The molecule has 24 heavy (non-hydrogen) atoms. The van der Waals surface area contributed by atoms with Gasteiger partial charge < -0.3 is 15.0 Å². The molecule has 1 aromatic rings. The average molecular weight is 333 g/mol. The summed E-state index contributed by atoms with van der Waals surface area (Å²) in [5.74, 6) is -0.0349. The maximum atomic E-state index is 12.5. The van der Waals surface area contributed by atoms with E-state index in [9.17, 15) is 9.59 Å². The summed E-state index contributed by atoms with van der Waals surface area (Å²) in [6.45, 7) is 7.60. The van der Waals surface area contributed by atoms with Crippen molar-refractivity contribution >= 4 is 12.0 Å². The van der Waals surface area contributed by atoms with Crippen LogP contribution in [0.4, 0.5) is 4.79 Å². The second-order valence-electron chi connectivity index (χ2n) is 7.22. The Morgan fingerprint density at radius 2 is 1.83 bits per heavy atom. The Morgan fingerprint density at radius 1 is 1.21 bits per heavy atom. The van der Waals surface area contributed by atoms with Crippen LogP contribution in [0.15, 0.2) is 24.3 Å². The van der Waals surface area contributed by atoms with Gasteiger partial charge in [-0.15, -0.1) is 0 Å². The van der Waals surface area contributed by atoms with E-state index in [1.807, 2.05) is 32.9 Å². The molecule has 0 spiro atoms. The number of carbonyl (C=O) groups is 2. The number of nitrogens with one attached hydrogen (secondary N) is 1. The van der Waals surface area contributed by atoms with Crippen molar-refractivity contribution in [1.82, 2.24) is 15.1 Å². The molecule has 1 saturated heterocycles. The Hall–Kier alpha value is -2.08. The molecule has 1 aliphatic heterocycles. The molecule has 1 heterocycles. The van der Waals surface area contributed by atoms with Gasteiger partial charge in [-0.25, -0.2) is 4.79 Å². The van der Waals surface area contributed by atoms with Crippen molar-refractivity contribution in [2.45, 2.75) is 32.4 Å². The molecule has 1 N–H and O–H groups in total. The van der Waals surface area contributed by atoms with Crippen LogP contribution in [-0.2, 0) is 4.74 Å². The number of ether oxygens (including phenoxy) is 1. The van der Waals surface area contributed by atoms with Crippen LogP contribution < -0.4 is 5.32 Å². The summed E-state index contributed by atoms with van der Waals surface area (Å²) in [6.07, 6.45) is -0.303. The molecule has 1 unspecified atom stereocenters. The molecule has 6 heteroatoms. The number of amides is 2. The second kappa shape index (κ2) is 7.21. The highest BCUT2D eigenvalue weighted by Gasteiger charge is 2.31. The molecule has 0 aliphatic carbocycles. The predicted molar refractivity (Wildman–Crippen MR) is 93.0 cm³/mol. The minimum absolute atomic E-state index is 0.0349. The van der Waals surface area contributed by atoms with Crippen molar-refractivity contribution in [3.8, 4) is 0 Å². The topological polar surface area (TPSA) is 61.9 Å². The lowest BCUT2D eigenvalue weighted by atomic mass is 10.0. The maximum Gasteiger partial charge on any atom is 0.410 e. The van der Waals surface area contributed by atoms with Gasteiger partial charge in [0.05, 0.1) is 6.04 Å². The third-order valence-corrected chi connectivity index (χ3v) is 3.82. The van der Waals surface area contributed by atoms with Crippen molar-refractivity contribution in [2.24, 2.45) is 0 Å². The molecule has 0 aromatic heterocycles. The molecule has 2 amide bonds.